The molecule has 1 aliphatic heterocycles. The molecule has 1 aromatic carbocycles. The number of fused-ring (bicyclic) bond motifs is 1. The summed E-state index contributed by atoms with van der Waals surface area (Å²) in [7, 11) is 0. The Labute approximate surface area is 76.7 Å². The van der Waals surface area contributed by atoms with E-state index < -0.39 is 0 Å². The summed E-state index contributed by atoms with van der Waals surface area (Å²) >= 11 is 5.02. The molecule has 0 aliphatic carbocycles. The second kappa shape index (κ2) is 3.03. The van der Waals surface area contributed by atoms with E-state index in [-0.39, 0.29) is 0 Å². The second-order valence-corrected chi connectivity index (χ2v) is 3.10. The van der Waals surface area contributed by atoms with Gasteiger partial charge in [0.1, 0.15) is 5.69 Å². The Bertz CT molecular complexity index is 344. The van der Waals surface area contributed by atoms with Crippen molar-refractivity contribution < 1.29 is 4.05 Å². The molecule has 0 amide bonds. The van der Waals surface area contributed by atoms with Gasteiger partial charge in [-0.15, -0.1) is 0 Å². The van der Waals surface area contributed by atoms with Gasteiger partial charge in [-0.2, -0.15) is 5.43 Å². The Kier molecular flexibility index (Phi) is 1.87. The predicted molar refractivity (Wildman–Crippen MR) is 51.6 cm³/mol. The number of hydrazine groups is 1. The summed E-state index contributed by atoms with van der Waals surface area (Å²) in [5, 5.41) is 0. The lowest BCUT2D eigenvalue weighted by molar-refractivity contribution is -0.453. The topological polar surface area (TPSA) is 15.0 Å². The van der Waals surface area contributed by atoms with Gasteiger partial charge in [0.2, 0.25) is 6.54 Å². The summed E-state index contributed by atoms with van der Waals surface area (Å²) in [6.45, 7) is 0.754. The van der Waals surface area contributed by atoms with Crippen LogP contribution in [0.25, 0.3) is 6.08 Å². The number of nitrogens with zero attached hydrogens (tertiary/aromatic N) is 1. The average Bonchev–Trinajstić information content (AvgIpc) is 2.25. The van der Waals surface area contributed by atoms with Crippen LogP contribution in [0.1, 0.15) is 5.56 Å². The molecule has 0 spiro atoms. The Morgan fingerprint density at radius 3 is 3.08 bits per heavy atom. The number of nitrogens with one attached hydrogen (secondary N) is 1. The van der Waals surface area contributed by atoms with Gasteiger partial charge in [0.25, 0.3) is 12.4 Å². The van der Waals surface area contributed by atoms with Gasteiger partial charge in [-0.1, -0.05) is 24.3 Å². The van der Waals surface area contributed by atoms with Gasteiger partial charge in [-0.25, -0.2) is 0 Å². The summed E-state index contributed by atoms with van der Waals surface area (Å²) in [4.78, 5) is 0. The summed E-state index contributed by atoms with van der Waals surface area (Å²) in [6.07, 6.45) is 4.13. The maximum Gasteiger partial charge on any atom is 0.298 e. The fraction of sp³-hybridized carbons (Fsp3) is 0.111. The molecule has 0 unspecified atom stereocenters. The molecule has 0 fully saturated rings. The third-order valence-corrected chi connectivity index (χ3v) is 2.01. The fourth-order valence-electron chi connectivity index (χ4n) is 1.20. The molecule has 0 saturated carbocycles. The first kappa shape index (κ1) is 7.43. The van der Waals surface area contributed by atoms with Gasteiger partial charge in [0.15, 0.2) is 0 Å². The van der Waals surface area contributed by atoms with Crippen LogP contribution in [0.5, 0.6) is 0 Å². The fourth-order valence-corrected chi connectivity index (χ4v) is 1.38. The molecule has 1 aliphatic rings. The monoisotopic (exact) mass is 177 g/mol. The molecular formula is C9H9N2S+. The van der Waals surface area contributed by atoms with E-state index >= 15 is 0 Å². The van der Waals surface area contributed by atoms with Crippen molar-refractivity contribution >= 4 is 24.2 Å². The van der Waals surface area contributed by atoms with Crippen molar-refractivity contribution in [3.05, 3.63) is 35.9 Å². The lowest BCUT2D eigenvalue weighted by atomic mass is 10.2. The maximum atomic E-state index is 5.02. The highest BCUT2D eigenvalue weighted by molar-refractivity contribution is 7.44. The van der Waals surface area contributed by atoms with Crippen molar-refractivity contribution in [1.82, 2.24) is 0 Å². The van der Waals surface area contributed by atoms with E-state index in [4.69, 9.17) is 12.4 Å². The van der Waals surface area contributed by atoms with E-state index in [1.54, 1.807) is 4.05 Å². The van der Waals surface area contributed by atoms with Crippen molar-refractivity contribution in [3.63, 3.8) is 0 Å². The van der Waals surface area contributed by atoms with Gasteiger partial charge in [0.05, 0.1) is 0 Å². The zero-order chi connectivity index (χ0) is 8.39. The van der Waals surface area contributed by atoms with Crippen LogP contribution in [-0.4, -0.2) is 10.6 Å². The summed E-state index contributed by atoms with van der Waals surface area (Å²) < 4.78 is 1.64. The van der Waals surface area contributed by atoms with E-state index in [9.17, 15) is 0 Å². The van der Waals surface area contributed by atoms with Crippen LogP contribution in [-0.2, 0) is 12.4 Å². The smallest absolute Gasteiger partial charge is 0.151 e. The maximum absolute atomic E-state index is 5.02. The molecule has 0 atom stereocenters. The molecule has 2 rings (SSSR count). The molecule has 12 heavy (non-hydrogen) atoms. The van der Waals surface area contributed by atoms with Gasteiger partial charge in [-0.05, 0) is 16.2 Å². The Morgan fingerprint density at radius 1 is 1.33 bits per heavy atom. The molecule has 0 radical (unpaired) electrons. The quantitative estimate of drug-likeness (QED) is 0.608. The summed E-state index contributed by atoms with van der Waals surface area (Å²) in [6, 6.07) is 8.09. The number of benzene rings is 1. The van der Waals surface area contributed by atoms with E-state index in [0.717, 1.165) is 12.2 Å². The average molecular weight is 177 g/mol. The highest BCUT2D eigenvalue weighted by Gasteiger charge is 2.08. The van der Waals surface area contributed by atoms with Crippen LogP contribution in [0.4, 0.5) is 5.69 Å². The standard InChI is InChI=1S/C9H9N2S/c12-11-7-3-5-8-4-1-2-6-9(8)10-11/h1-6H,7H2,(H,10,12)/q+1. The lowest BCUT2D eigenvalue weighted by Gasteiger charge is -1.99. The van der Waals surface area contributed by atoms with Gasteiger partial charge >= 0.3 is 0 Å². The number of para-hydroxylation sites is 1. The van der Waals surface area contributed by atoms with E-state index in [2.05, 4.69) is 17.6 Å². The minimum Gasteiger partial charge on any atom is -0.151 e. The third kappa shape index (κ3) is 1.36. The van der Waals surface area contributed by atoms with Crippen molar-refractivity contribution in [2.45, 2.75) is 0 Å². The van der Waals surface area contributed by atoms with E-state index in [1.165, 1.54) is 5.56 Å². The zero-order valence-electron chi connectivity index (χ0n) is 6.53. The van der Waals surface area contributed by atoms with Crippen molar-refractivity contribution in [2.24, 2.45) is 0 Å². The van der Waals surface area contributed by atoms with Crippen LogP contribution < -0.4 is 5.43 Å². The molecular weight excluding hydrogens is 168 g/mol. The van der Waals surface area contributed by atoms with Crippen LogP contribution in [0.3, 0.4) is 0 Å². The van der Waals surface area contributed by atoms with Crippen LogP contribution >= 0.6 is 0 Å². The molecule has 2 nitrogen and oxygen atoms in total. The SMILES string of the molecule is S=[N+]1CC=Cc2ccccc2N1. The largest absolute Gasteiger partial charge is 0.298 e. The van der Waals surface area contributed by atoms with E-state index in [1.807, 2.05) is 24.3 Å². The first-order valence-corrected chi connectivity index (χ1v) is 4.20. The molecule has 0 aromatic heterocycles. The van der Waals surface area contributed by atoms with Gasteiger partial charge in [0, 0.05) is 5.56 Å². The minimum absolute atomic E-state index is 0.754. The normalized spacial score (nSPS) is 14.8. The lowest BCUT2D eigenvalue weighted by Crippen LogP contribution is -2.14. The molecule has 1 aromatic rings. The molecule has 0 bridgehead atoms. The predicted octanol–water partition coefficient (Wildman–Crippen LogP) is 1.78. The molecule has 1 N–H and O–H groups in total. The zero-order valence-corrected chi connectivity index (χ0v) is 7.34. The van der Waals surface area contributed by atoms with E-state index in [0.29, 0.717) is 0 Å². The number of hydrogen-bond donors (Lipinski definition) is 1. The summed E-state index contributed by atoms with van der Waals surface area (Å²) in [5.74, 6) is 0. The Morgan fingerprint density at radius 2 is 2.17 bits per heavy atom. The van der Waals surface area contributed by atoms with Crippen LogP contribution in [0.15, 0.2) is 30.3 Å². The minimum atomic E-state index is 0.754. The van der Waals surface area contributed by atoms with Crippen molar-refractivity contribution in [3.8, 4) is 0 Å². The highest BCUT2D eigenvalue weighted by Crippen LogP contribution is 2.17. The van der Waals surface area contributed by atoms with Crippen LogP contribution in [0, 0.1) is 0 Å². The van der Waals surface area contributed by atoms with Gasteiger partial charge in [-0.3, -0.25) is 0 Å². The van der Waals surface area contributed by atoms with Crippen LogP contribution in [0.2, 0.25) is 0 Å². The number of anilines is 1. The van der Waals surface area contributed by atoms with Gasteiger partial charge < -0.3 is 0 Å². The Balaban J connectivity index is 2.48. The molecule has 0 saturated heterocycles. The highest BCUT2D eigenvalue weighted by atomic mass is 32.1. The molecule has 1 heterocycles. The third-order valence-electron chi connectivity index (χ3n) is 1.77. The molecule has 60 valence electrons. The number of rotatable bonds is 0. The second-order valence-electron chi connectivity index (χ2n) is 2.66. The van der Waals surface area contributed by atoms with Crippen molar-refractivity contribution in [1.29, 1.82) is 0 Å². The Hall–Kier alpha value is -1.22. The first-order chi connectivity index (χ1) is 5.86. The molecule has 3 heteroatoms. The first-order valence-electron chi connectivity index (χ1n) is 3.83. The van der Waals surface area contributed by atoms with Crippen molar-refractivity contribution in [2.75, 3.05) is 12.0 Å². The summed E-state index contributed by atoms with van der Waals surface area (Å²) in [5.41, 5.74) is 5.36. The number of hydrogen-bond acceptors (Lipinski definition) is 1.